The predicted octanol–water partition coefficient (Wildman–Crippen LogP) is 1.21. The van der Waals surface area contributed by atoms with E-state index in [4.69, 9.17) is 14.6 Å². The molecular formula is C10H12O3. The first kappa shape index (κ1) is 8.38. The number of hydrogen-bond donors (Lipinski definition) is 1. The van der Waals surface area contributed by atoms with Gasteiger partial charge < -0.3 is 14.6 Å². The third-order valence-electron chi connectivity index (χ3n) is 2.07. The Bertz CT molecular complexity index is 311. The predicted molar refractivity (Wildman–Crippen MR) is 48.1 cm³/mol. The molecule has 0 saturated heterocycles. The molecule has 3 heteroatoms. The summed E-state index contributed by atoms with van der Waals surface area (Å²) in [5.74, 6) is 1.44. The van der Waals surface area contributed by atoms with Crippen LogP contribution in [0.15, 0.2) is 24.3 Å². The van der Waals surface area contributed by atoms with Crippen molar-refractivity contribution >= 4 is 0 Å². The largest absolute Gasteiger partial charge is 0.485 e. The number of rotatable bonds is 1. The van der Waals surface area contributed by atoms with Crippen LogP contribution >= 0.6 is 0 Å². The molecule has 13 heavy (non-hydrogen) atoms. The Kier molecular flexibility index (Phi) is 1.88. The first-order chi connectivity index (χ1) is 6.23. The molecular weight excluding hydrogens is 168 g/mol. The fourth-order valence-electron chi connectivity index (χ4n) is 1.26. The Balaban J connectivity index is 2.29. The minimum atomic E-state index is -0.603. The molecule has 1 aromatic rings. The number of benzene rings is 1. The van der Waals surface area contributed by atoms with Gasteiger partial charge in [0.25, 0.3) is 0 Å². The molecule has 1 aliphatic rings. The van der Waals surface area contributed by atoms with Gasteiger partial charge in [0.05, 0.1) is 6.61 Å². The highest BCUT2D eigenvalue weighted by Gasteiger charge is 2.31. The fraction of sp³-hybridized carbons (Fsp3) is 0.400. The summed E-state index contributed by atoms with van der Waals surface area (Å²) in [7, 11) is 0. The molecule has 70 valence electrons. The average Bonchev–Trinajstić information content (AvgIpc) is 2.18. The van der Waals surface area contributed by atoms with E-state index in [-0.39, 0.29) is 6.61 Å². The number of para-hydroxylation sites is 2. The van der Waals surface area contributed by atoms with Crippen LogP contribution in [0.3, 0.4) is 0 Å². The van der Waals surface area contributed by atoms with Crippen molar-refractivity contribution in [1.82, 2.24) is 0 Å². The third kappa shape index (κ3) is 1.47. The molecule has 1 aromatic carbocycles. The Morgan fingerprint density at radius 1 is 1.38 bits per heavy atom. The van der Waals surface area contributed by atoms with E-state index >= 15 is 0 Å². The molecule has 0 fully saturated rings. The summed E-state index contributed by atoms with van der Waals surface area (Å²) in [5, 5.41) is 9.07. The lowest BCUT2D eigenvalue weighted by Gasteiger charge is -2.33. The molecule has 1 N–H and O–H groups in total. The molecule has 3 nitrogen and oxygen atoms in total. The molecule has 0 amide bonds. The summed E-state index contributed by atoms with van der Waals surface area (Å²) in [6.45, 7) is 2.17. The standard InChI is InChI=1S/C10H12O3/c1-10(6-11)7-12-8-4-2-3-5-9(8)13-10/h2-5,11H,6-7H2,1H3. The van der Waals surface area contributed by atoms with Gasteiger partial charge in [-0.15, -0.1) is 0 Å². The average molecular weight is 180 g/mol. The van der Waals surface area contributed by atoms with Crippen molar-refractivity contribution in [3.8, 4) is 11.5 Å². The molecule has 1 unspecified atom stereocenters. The number of aliphatic hydroxyl groups is 1. The zero-order valence-corrected chi connectivity index (χ0v) is 7.49. The molecule has 0 aromatic heterocycles. The molecule has 0 saturated carbocycles. The molecule has 1 heterocycles. The summed E-state index contributed by atoms with van der Waals surface area (Å²) >= 11 is 0. The van der Waals surface area contributed by atoms with E-state index in [1.807, 2.05) is 31.2 Å². The number of hydrogen-bond acceptors (Lipinski definition) is 3. The molecule has 0 aliphatic carbocycles. The van der Waals surface area contributed by atoms with Crippen LogP contribution in [0.2, 0.25) is 0 Å². The van der Waals surface area contributed by atoms with Gasteiger partial charge in [-0.2, -0.15) is 0 Å². The van der Waals surface area contributed by atoms with Gasteiger partial charge in [0, 0.05) is 0 Å². The Morgan fingerprint density at radius 2 is 2.08 bits per heavy atom. The third-order valence-corrected chi connectivity index (χ3v) is 2.07. The first-order valence-corrected chi connectivity index (χ1v) is 4.25. The van der Waals surface area contributed by atoms with Crippen LogP contribution in [0.1, 0.15) is 6.92 Å². The minimum absolute atomic E-state index is 0.0403. The van der Waals surface area contributed by atoms with Crippen molar-refractivity contribution in [1.29, 1.82) is 0 Å². The maximum atomic E-state index is 9.07. The maximum absolute atomic E-state index is 9.07. The van der Waals surface area contributed by atoms with Gasteiger partial charge in [-0.1, -0.05) is 12.1 Å². The van der Waals surface area contributed by atoms with E-state index < -0.39 is 5.60 Å². The van der Waals surface area contributed by atoms with Crippen molar-refractivity contribution in [2.45, 2.75) is 12.5 Å². The molecule has 0 bridgehead atoms. The van der Waals surface area contributed by atoms with Crippen LogP contribution < -0.4 is 9.47 Å². The topological polar surface area (TPSA) is 38.7 Å². The monoisotopic (exact) mass is 180 g/mol. The van der Waals surface area contributed by atoms with E-state index in [1.165, 1.54) is 0 Å². The van der Waals surface area contributed by atoms with Crippen molar-refractivity contribution in [2.24, 2.45) is 0 Å². The molecule has 1 aliphatic heterocycles. The highest BCUT2D eigenvalue weighted by atomic mass is 16.6. The lowest BCUT2D eigenvalue weighted by molar-refractivity contribution is -0.0336. The van der Waals surface area contributed by atoms with Gasteiger partial charge in [0.2, 0.25) is 0 Å². The Hall–Kier alpha value is -1.22. The van der Waals surface area contributed by atoms with Crippen molar-refractivity contribution in [3.63, 3.8) is 0 Å². The Morgan fingerprint density at radius 3 is 2.77 bits per heavy atom. The quantitative estimate of drug-likeness (QED) is 0.706. The Labute approximate surface area is 76.9 Å². The number of ether oxygens (including phenoxy) is 2. The van der Waals surface area contributed by atoms with Gasteiger partial charge in [0.1, 0.15) is 6.61 Å². The highest BCUT2D eigenvalue weighted by molar-refractivity contribution is 5.41. The van der Waals surface area contributed by atoms with E-state index in [2.05, 4.69) is 0 Å². The van der Waals surface area contributed by atoms with Crippen LogP contribution in [0.5, 0.6) is 11.5 Å². The zero-order chi connectivity index (χ0) is 9.31. The van der Waals surface area contributed by atoms with Gasteiger partial charge in [-0.25, -0.2) is 0 Å². The second-order valence-corrected chi connectivity index (χ2v) is 3.45. The molecule has 1 atom stereocenters. The summed E-state index contributed by atoms with van der Waals surface area (Å²) in [6, 6.07) is 7.46. The van der Waals surface area contributed by atoms with Gasteiger partial charge in [0.15, 0.2) is 17.1 Å². The summed E-state index contributed by atoms with van der Waals surface area (Å²) in [4.78, 5) is 0. The lowest BCUT2D eigenvalue weighted by Crippen LogP contribution is -2.45. The van der Waals surface area contributed by atoms with E-state index in [9.17, 15) is 0 Å². The maximum Gasteiger partial charge on any atom is 0.163 e. The number of fused-ring (bicyclic) bond motifs is 1. The smallest absolute Gasteiger partial charge is 0.163 e. The summed E-state index contributed by atoms with van der Waals surface area (Å²) < 4.78 is 11.0. The minimum Gasteiger partial charge on any atom is -0.485 e. The van der Waals surface area contributed by atoms with Crippen LogP contribution in [0, 0.1) is 0 Å². The van der Waals surface area contributed by atoms with Crippen LogP contribution in [0.25, 0.3) is 0 Å². The first-order valence-electron chi connectivity index (χ1n) is 4.25. The van der Waals surface area contributed by atoms with E-state index in [0.717, 1.165) is 5.75 Å². The normalized spacial score (nSPS) is 25.7. The lowest BCUT2D eigenvalue weighted by atomic mass is 10.1. The molecule has 0 spiro atoms. The van der Waals surface area contributed by atoms with Gasteiger partial charge in [-0.05, 0) is 19.1 Å². The van der Waals surface area contributed by atoms with Crippen molar-refractivity contribution < 1.29 is 14.6 Å². The van der Waals surface area contributed by atoms with Crippen molar-refractivity contribution in [3.05, 3.63) is 24.3 Å². The highest BCUT2D eigenvalue weighted by Crippen LogP contribution is 2.34. The van der Waals surface area contributed by atoms with E-state index in [0.29, 0.717) is 12.4 Å². The summed E-state index contributed by atoms with van der Waals surface area (Å²) in [5.41, 5.74) is -0.603. The fourth-order valence-corrected chi connectivity index (χ4v) is 1.26. The van der Waals surface area contributed by atoms with Crippen LogP contribution in [-0.2, 0) is 0 Å². The van der Waals surface area contributed by atoms with Crippen LogP contribution in [0.4, 0.5) is 0 Å². The van der Waals surface area contributed by atoms with Crippen molar-refractivity contribution in [2.75, 3.05) is 13.2 Å². The van der Waals surface area contributed by atoms with Gasteiger partial charge >= 0.3 is 0 Å². The van der Waals surface area contributed by atoms with Gasteiger partial charge in [-0.3, -0.25) is 0 Å². The molecule has 2 rings (SSSR count). The van der Waals surface area contributed by atoms with Crippen LogP contribution in [-0.4, -0.2) is 23.9 Å². The second-order valence-electron chi connectivity index (χ2n) is 3.45. The molecule has 0 radical (unpaired) electrons. The number of aliphatic hydroxyl groups excluding tert-OH is 1. The van der Waals surface area contributed by atoms with E-state index in [1.54, 1.807) is 0 Å². The SMILES string of the molecule is CC1(CO)COc2ccccc2O1. The summed E-state index contributed by atoms with van der Waals surface area (Å²) in [6.07, 6.45) is 0. The second kappa shape index (κ2) is 2.92. The zero-order valence-electron chi connectivity index (χ0n) is 7.49.